The number of Topliss-reactive ketones (excluding diaryl/α,β-unsaturated/α-hetero) is 1. The number of rotatable bonds is 4. The van der Waals surface area contributed by atoms with Gasteiger partial charge in [0.05, 0.1) is 19.8 Å². The van der Waals surface area contributed by atoms with Gasteiger partial charge in [0.15, 0.2) is 5.78 Å². The van der Waals surface area contributed by atoms with Crippen LogP contribution in [0.1, 0.15) is 29.8 Å². The van der Waals surface area contributed by atoms with Crippen molar-refractivity contribution in [3.63, 3.8) is 0 Å². The summed E-state index contributed by atoms with van der Waals surface area (Å²) < 4.78 is 10.4. The number of benzene rings is 1. The molecule has 1 rings (SSSR count). The molecule has 3 heteroatoms. The highest BCUT2D eigenvalue weighted by Gasteiger charge is 2.16. The Morgan fingerprint density at radius 2 is 1.73 bits per heavy atom. The van der Waals surface area contributed by atoms with Gasteiger partial charge < -0.3 is 9.47 Å². The molecule has 0 heterocycles. The number of carbonyl (C=O) groups excluding carboxylic acids is 1. The van der Waals surface area contributed by atoms with Crippen LogP contribution >= 0.6 is 0 Å². The van der Waals surface area contributed by atoms with Crippen LogP contribution in [0, 0.1) is 0 Å². The van der Waals surface area contributed by atoms with E-state index in [1.165, 1.54) is 6.92 Å². The van der Waals surface area contributed by atoms with Gasteiger partial charge in [0.2, 0.25) is 0 Å². The molecule has 1 aromatic rings. The second-order valence-electron chi connectivity index (χ2n) is 3.23. The van der Waals surface area contributed by atoms with Crippen LogP contribution in [0.15, 0.2) is 12.1 Å². The molecule has 0 aliphatic heterocycles. The number of ketones is 1. The molecule has 82 valence electrons. The van der Waals surface area contributed by atoms with E-state index < -0.39 is 0 Å². The average molecular weight is 208 g/mol. The minimum Gasteiger partial charge on any atom is -0.496 e. The number of hydrogen-bond acceptors (Lipinski definition) is 3. The SMILES string of the molecule is CCc1c(OC)ccc(OC)c1C(C)=O. The summed E-state index contributed by atoms with van der Waals surface area (Å²) >= 11 is 0. The van der Waals surface area contributed by atoms with E-state index in [9.17, 15) is 4.79 Å². The van der Waals surface area contributed by atoms with Gasteiger partial charge in [0, 0.05) is 5.56 Å². The molecule has 0 fully saturated rings. The largest absolute Gasteiger partial charge is 0.496 e. The summed E-state index contributed by atoms with van der Waals surface area (Å²) in [7, 11) is 3.17. The van der Waals surface area contributed by atoms with Crippen LogP contribution in [0.4, 0.5) is 0 Å². The van der Waals surface area contributed by atoms with Gasteiger partial charge in [0.25, 0.3) is 0 Å². The Morgan fingerprint density at radius 1 is 1.20 bits per heavy atom. The van der Waals surface area contributed by atoms with Crippen LogP contribution in [-0.4, -0.2) is 20.0 Å². The lowest BCUT2D eigenvalue weighted by molar-refractivity contribution is 0.101. The Balaban J connectivity index is 3.44. The fourth-order valence-corrected chi connectivity index (χ4v) is 1.71. The van der Waals surface area contributed by atoms with Crippen molar-refractivity contribution < 1.29 is 14.3 Å². The molecule has 0 aliphatic carbocycles. The molecular weight excluding hydrogens is 192 g/mol. The normalized spacial score (nSPS) is 9.87. The maximum Gasteiger partial charge on any atom is 0.163 e. The van der Waals surface area contributed by atoms with Crippen LogP contribution < -0.4 is 9.47 Å². The Hall–Kier alpha value is -1.51. The van der Waals surface area contributed by atoms with Crippen molar-refractivity contribution >= 4 is 5.78 Å². The summed E-state index contributed by atoms with van der Waals surface area (Å²) in [6.45, 7) is 3.53. The smallest absolute Gasteiger partial charge is 0.163 e. The van der Waals surface area contributed by atoms with E-state index in [-0.39, 0.29) is 5.78 Å². The molecule has 0 bridgehead atoms. The highest BCUT2D eigenvalue weighted by atomic mass is 16.5. The fraction of sp³-hybridized carbons (Fsp3) is 0.417. The molecule has 3 nitrogen and oxygen atoms in total. The van der Waals surface area contributed by atoms with Crippen molar-refractivity contribution in [2.24, 2.45) is 0 Å². The predicted molar refractivity (Wildman–Crippen MR) is 58.9 cm³/mol. The van der Waals surface area contributed by atoms with Crippen molar-refractivity contribution in [2.75, 3.05) is 14.2 Å². The van der Waals surface area contributed by atoms with E-state index in [4.69, 9.17) is 9.47 Å². The summed E-state index contributed by atoms with van der Waals surface area (Å²) in [5.74, 6) is 1.35. The first-order chi connectivity index (χ1) is 7.15. The molecule has 0 unspecified atom stereocenters. The third-order valence-electron chi connectivity index (χ3n) is 2.38. The van der Waals surface area contributed by atoms with Crippen molar-refractivity contribution in [3.05, 3.63) is 23.3 Å². The van der Waals surface area contributed by atoms with Gasteiger partial charge in [-0.3, -0.25) is 4.79 Å². The summed E-state index contributed by atoms with van der Waals surface area (Å²) in [6.07, 6.45) is 0.745. The Kier molecular flexibility index (Phi) is 3.72. The van der Waals surface area contributed by atoms with Crippen LogP contribution in [0.25, 0.3) is 0 Å². The molecule has 0 saturated heterocycles. The van der Waals surface area contributed by atoms with Gasteiger partial charge in [-0.05, 0) is 25.5 Å². The highest BCUT2D eigenvalue weighted by Crippen LogP contribution is 2.31. The summed E-state index contributed by atoms with van der Waals surface area (Å²) in [5, 5.41) is 0. The number of ether oxygens (including phenoxy) is 2. The van der Waals surface area contributed by atoms with E-state index in [2.05, 4.69) is 0 Å². The quantitative estimate of drug-likeness (QED) is 0.713. The van der Waals surface area contributed by atoms with E-state index >= 15 is 0 Å². The van der Waals surface area contributed by atoms with Crippen LogP contribution in [-0.2, 0) is 6.42 Å². The molecule has 1 aromatic carbocycles. The molecule has 0 amide bonds. The summed E-state index contributed by atoms with van der Waals surface area (Å²) in [5.41, 5.74) is 1.53. The van der Waals surface area contributed by atoms with E-state index in [1.54, 1.807) is 20.3 Å². The molecular formula is C12H16O3. The van der Waals surface area contributed by atoms with Crippen molar-refractivity contribution in [1.29, 1.82) is 0 Å². The zero-order valence-electron chi connectivity index (χ0n) is 9.59. The molecule has 0 N–H and O–H groups in total. The maximum absolute atomic E-state index is 11.5. The van der Waals surface area contributed by atoms with Crippen LogP contribution in [0.3, 0.4) is 0 Å². The fourth-order valence-electron chi connectivity index (χ4n) is 1.71. The summed E-state index contributed by atoms with van der Waals surface area (Å²) in [6, 6.07) is 3.58. The lowest BCUT2D eigenvalue weighted by atomic mass is 10.00. The topological polar surface area (TPSA) is 35.5 Å². The second-order valence-corrected chi connectivity index (χ2v) is 3.23. The van der Waals surface area contributed by atoms with Gasteiger partial charge in [-0.15, -0.1) is 0 Å². The number of hydrogen-bond donors (Lipinski definition) is 0. The van der Waals surface area contributed by atoms with E-state index in [0.717, 1.165) is 17.7 Å². The average Bonchev–Trinajstić information content (AvgIpc) is 2.26. The minimum atomic E-state index is 0.00241. The monoisotopic (exact) mass is 208 g/mol. The van der Waals surface area contributed by atoms with Gasteiger partial charge in [-0.2, -0.15) is 0 Å². The van der Waals surface area contributed by atoms with E-state index in [0.29, 0.717) is 11.3 Å². The van der Waals surface area contributed by atoms with Crippen molar-refractivity contribution in [2.45, 2.75) is 20.3 Å². The zero-order chi connectivity index (χ0) is 11.4. The van der Waals surface area contributed by atoms with Crippen LogP contribution in [0.2, 0.25) is 0 Å². The van der Waals surface area contributed by atoms with Crippen molar-refractivity contribution in [1.82, 2.24) is 0 Å². The Bertz CT molecular complexity index is 369. The molecule has 0 aromatic heterocycles. The van der Waals surface area contributed by atoms with Gasteiger partial charge >= 0.3 is 0 Å². The van der Waals surface area contributed by atoms with Gasteiger partial charge in [-0.1, -0.05) is 6.92 Å². The van der Waals surface area contributed by atoms with Gasteiger partial charge in [0.1, 0.15) is 11.5 Å². The Labute approximate surface area is 90.0 Å². The first-order valence-electron chi connectivity index (χ1n) is 4.90. The van der Waals surface area contributed by atoms with Gasteiger partial charge in [-0.25, -0.2) is 0 Å². The lowest BCUT2D eigenvalue weighted by Crippen LogP contribution is -2.04. The zero-order valence-corrected chi connectivity index (χ0v) is 9.59. The predicted octanol–water partition coefficient (Wildman–Crippen LogP) is 2.47. The molecule has 0 atom stereocenters. The Morgan fingerprint density at radius 3 is 2.13 bits per heavy atom. The summed E-state index contributed by atoms with van der Waals surface area (Å²) in [4.78, 5) is 11.5. The second kappa shape index (κ2) is 4.82. The molecule has 0 saturated carbocycles. The standard InChI is InChI=1S/C12H16O3/c1-5-9-10(14-3)6-7-11(15-4)12(9)8(2)13/h6-7H,5H2,1-4H3. The third-order valence-corrected chi connectivity index (χ3v) is 2.38. The first kappa shape index (κ1) is 11.6. The molecule has 0 aliphatic rings. The lowest BCUT2D eigenvalue weighted by Gasteiger charge is -2.14. The highest BCUT2D eigenvalue weighted by molar-refractivity contribution is 5.99. The van der Waals surface area contributed by atoms with Crippen molar-refractivity contribution in [3.8, 4) is 11.5 Å². The molecule has 0 spiro atoms. The molecule has 15 heavy (non-hydrogen) atoms. The molecule has 0 radical (unpaired) electrons. The van der Waals surface area contributed by atoms with E-state index in [1.807, 2.05) is 13.0 Å². The maximum atomic E-state index is 11.5. The van der Waals surface area contributed by atoms with Crippen LogP contribution in [0.5, 0.6) is 11.5 Å². The number of methoxy groups -OCH3 is 2. The number of carbonyl (C=O) groups is 1. The first-order valence-corrected chi connectivity index (χ1v) is 4.90. The third kappa shape index (κ3) is 2.12. The minimum absolute atomic E-state index is 0.00241.